The zero-order valence-corrected chi connectivity index (χ0v) is 18.7. The van der Waals surface area contributed by atoms with Crippen molar-refractivity contribution in [1.29, 1.82) is 0 Å². The van der Waals surface area contributed by atoms with Gasteiger partial charge >= 0.3 is 0 Å². The van der Waals surface area contributed by atoms with Crippen molar-refractivity contribution in [2.75, 3.05) is 0 Å². The molecule has 0 spiro atoms. The molecule has 1 atom stereocenters. The Morgan fingerprint density at radius 3 is 2.59 bits per heavy atom. The monoisotopic (exact) mass is 429 g/mol. The van der Waals surface area contributed by atoms with Crippen LogP contribution in [0.25, 0.3) is 16.9 Å². The van der Waals surface area contributed by atoms with Crippen molar-refractivity contribution < 1.29 is 4.39 Å². The Balaban J connectivity index is 1.44. The molecule has 0 bridgehead atoms. The molecule has 2 aromatic heterocycles. The first-order chi connectivity index (χ1) is 15.4. The zero-order chi connectivity index (χ0) is 22.3. The van der Waals surface area contributed by atoms with Crippen molar-refractivity contribution in [1.82, 2.24) is 24.9 Å². The van der Waals surface area contributed by atoms with Gasteiger partial charge in [-0.15, -0.1) is 0 Å². The van der Waals surface area contributed by atoms with E-state index in [9.17, 15) is 4.39 Å². The lowest BCUT2D eigenvalue weighted by molar-refractivity contribution is 0.253. The number of nitrogens with zero attached hydrogens (tertiary/aromatic N) is 4. The SMILES string of the molecule is Cn1cc(CNC2CC(C)(C)Cc3c2cnn3-c2ccc(F)cc2)c(-c2ccccc2)n1. The minimum absolute atomic E-state index is 0.125. The Labute approximate surface area is 187 Å². The van der Waals surface area contributed by atoms with Crippen molar-refractivity contribution in [3.8, 4) is 16.9 Å². The van der Waals surface area contributed by atoms with E-state index < -0.39 is 0 Å². The second kappa shape index (κ2) is 8.02. The number of rotatable bonds is 5. The fourth-order valence-corrected chi connectivity index (χ4v) is 4.77. The van der Waals surface area contributed by atoms with E-state index in [1.165, 1.54) is 29.0 Å². The van der Waals surface area contributed by atoms with Crippen LogP contribution in [-0.2, 0) is 20.0 Å². The average molecular weight is 430 g/mol. The Bertz CT molecular complexity index is 1220. The molecular weight excluding hydrogens is 401 g/mol. The van der Waals surface area contributed by atoms with E-state index in [-0.39, 0.29) is 17.3 Å². The number of hydrogen-bond donors (Lipinski definition) is 1. The summed E-state index contributed by atoms with van der Waals surface area (Å²) < 4.78 is 17.3. The lowest BCUT2D eigenvalue weighted by Gasteiger charge is -2.36. The summed E-state index contributed by atoms with van der Waals surface area (Å²) in [6, 6.07) is 17.0. The van der Waals surface area contributed by atoms with Gasteiger partial charge in [-0.1, -0.05) is 44.2 Å². The first-order valence-corrected chi connectivity index (χ1v) is 11.0. The molecule has 1 N–H and O–H groups in total. The highest BCUT2D eigenvalue weighted by Crippen LogP contribution is 2.41. The second-order valence-corrected chi connectivity index (χ2v) is 9.46. The topological polar surface area (TPSA) is 47.7 Å². The number of aryl methyl sites for hydroxylation is 1. The predicted octanol–water partition coefficient (Wildman–Crippen LogP) is 5.22. The Hall–Kier alpha value is -3.25. The van der Waals surface area contributed by atoms with E-state index in [2.05, 4.69) is 42.6 Å². The van der Waals surface area contributed by atoms with Crippen LogP contribution in [0.2, 0.25) is 0 Å². The molecule has 2 aromatic carbocycles. The fraction of sp³-hybridized carbons (Fsp3) is 0.308. The number of benzene rings is 2. The molecule has 0 amide bonds. The average Bonchev–Trinajstić information content (AvgIpc) is 3.36. The van der Waals surface area contributed by atoms with Gasteiger partial charge in [-0.05, 0) is 42.5 Å². The van der Waals surface area contributed by atoms with Crippen molar-refractivity contribution in [2.45, 2.75) is 39.3 Å². The number of fused-ring (bicyclic) bond motifs is 1. The smallest absolute Gasteiger partial charge is 0.123 e. The molecule has 0 saturated heterocycles. The molecule has 0 saturated carbocycles. The third-order valence-electron chi connectivity index (χ3n) is 6.24. The Kier molecular flexibility index (Phi) is 5.18. The second-order valence-electron chi connectivity index (χ2n) is 9.46. The van der Waals surface area contributed by atoms with Gasteiger partial charge in [0.05, 0.1) is 17.6 Å². The summed E-state index contributed by atoms with van der Waals surface area (Å²) in [6.45, 7) is 5.32. The first kappa shape index (κ1) is 20.6. The molecule has 6 heteroatoms. The van der Waals surface area contributed by atoms with Gasteiger partial charge in [0.1, 0.15) is 5.82 Å². The summed E-state index contributed by atoms with van der Waals surface area (Å²) in [5.74, 6) is -0.236. The lowest BCUT2D eigenvalue weighted by atomic mass is 9.74. The normalized spacial score (nSPS) is 17.3. The first-order valence-electron chi connectivity index (χ1n) is 11.0. The number of aromatic nitrogens is 4. The summed E-state index contributed by atoms with van der Waals surface area (Å²) in [7, 11) is 1.96. The van der Waals surface area contributed by atoms with Crippen LogP contribution in [0.1, 0.15) is 43.1 Å². The van der Waals surface area contributed by atoms with Crippen LogP contribution in [0.15, 0.2) is 67.0 Å². The van der Waals surface area contributed by atoms with Gasteiger partial charge in [-0.2, -0.15) is 10.2 Å². The minimum atomic E-state index is -0.236. The van der Waals surface area contributed by atoms with Crippen LogP contribution in [0.3, 0.4) is 0 Å². The number of nitrogens with one attached hydrogen (secondary N) is 1. The largest absolute Gasteiger partial charge is 0.306 e. The maximum Gasteiger partial charge on any atom is 0.123 e. The highest BCUT2D eigenvalue weighted by atomic mass is 19.1. The van der Waals surface area contributed by atoms with Crippen molar-refractivity contribution in [3.05, 3.63) is 89.6 Å². The summed E-state index contributed by atoms with van der Waals surface area (Å²) in [6.07, 6.45) is 6.01. The molecule has 1 unspecified atom stereocenters. The van der Waals surface area contributed by atoms with E-state index in [1.807, 2.05) is 40.8 Å². The summed E-state index contributed by atoms with van der Waals surface area (Å²) in [5, 5.41) is 13.2. The van der Waals surface area contributed by atoms with Crippen LogP contribution in [-0.4, -0.2) is 19.6 Å². The van der Waals surface area contributed by atoms with Crippen molar-refractivity contribution in [3.63, 3.8) is 0 Å². The summed E-state index contributed by atoms with van der Waals surface area (Å²) in [5.41, 5.74) is 6.74. The Morgan fingerprint density at radius 1 is 1.09 bits per heavy atom. The molecule has 164 valence electrons. The highest BCUT2D eigenvalue weighted by Gasteiger charge is 2.35. The standard InChI is InChI=1S/C26H28FN5/c1-26(2)13-23(22-16-29-32(24(22)14-26)21-11-9-20(27)10-12-21)28-15-19-17-31(3)30-25(19)18-7-5-4-6-8-18/h4-12,16-17,23,28H,13-15H2,1-3H3. The van der Waals surface area contributed by atoms with E-state index in [4.69, 9.17) is 5.10 Å². The molecule has 4 aromatic rings. The van der Waals surface area contributed by atoms with Crippen molar-refractivity contribution >= 4 is 0 Å². The van der Waals surface area contributed by atoms with Crippen LogP contribution in [0.4, 0.5) is 4.39 Å². The molecule has 5 rings (SSSR count). The molecular formula is C26H28FN5. The maximum atomic E-state index is 13.4. The predicted molar refractivity (Wildman–Crippen MR) is 124 cm³/mol. The van der Waals surface area contributed by atoms with Crippen LogP contribution < -0.4 is 5.32 Å². The number of hydrogen-bond acceptors (Lipinski definition) is 3. The molecule has 5 nitrogen and oxygen atoms in total. The molecule has 1 aliphatic carbocycles. The summed E-state index contributed by atoms with van der Waals surface area (Å²) >= 11 is 0. The van der Waals surface area contributed by atoms with Gasteiger partial charge in [0, 0.05) is 48.2 Å². The van der Waals surface area contributed by atoms with Gasteiger partial charge in [0.15, 0.2) is 0 Å². The minimum Gasteiger partial charge on any atom is -0.306 e. The fourth-order valence-electron chi connectivity index (χ4n) is 4.77. The molecule has 0 fully saturated rings. The third-order valence-corrected chi connectivity index (χ3v) is 6.24. The molecule has 0 radical (unpaired) electrons. The van der Waals surface area contributed by atoms with E-state index in [0.29, 0.717) is 0 Å². The van der Waals surface area contributed by atoms with Gasteiger partial charge in [-0.25, -0.2) is 9.07 Å². The highest BCUT2D eigenvalue weighted by molar-refractivity contribution is 5.62. The molecule has 32 heavy (non-hydrogen) atoms. The quantitative estimate of drug-likeness (QED) is 0.473. The lowest BCUT2D eigenvalue weighted by Crippen LogP contribution is -2.33. The summed E-state index contributed by atoms with van der Waals surface area (Å²) in [4.78, 5) is 0. The van der Waals surface area contributed by atoms with Crippen LogP contribution in [0, 0.1) is 11.2 Å². The van der Waals surface area contributed by atoms with Gasteiger partial charge in [0.25, 0.3) is 0 Å². The van der Waals surface area contributed by atoms with Crippen LogP contribution >= 0.6 is 0 Å². The van der Waals surface area contributed by atoms with Gasteiger partial charge in [0.2, 0.25) is 0 Å². The van der Waals surface area contributed by atoms with Crippen LogP contribution in [0.5, 0.6) is 0 Å². The van der Waals surface area contributed by atoms with E-state index >= 15 is 0 Å². The van der Waals surface area contributed by atoms with Crippen molar-refractivity contribution in [2.24, 2.45) is 12.5 Å². The molecule has 0 aliphatic heterocycles. The Morgan fingerprint density at radius 2 is 1.84 bits per heavy atom. The maximum absolute atomic E-state index is 13.4. The number of halogens is 1. The van der Waals surface area contributed by atoms with E-state index in [1.54, 1.807) is 12.1 Å². The van der Waals surface area contributed by atoms with Gasteiger partial charge < -0.3 is 5.32 Å². The molecule has 2 heterocycles. The third kappa shape index (κ3) is 3.98. The zero-order valence-electron chi connectivity index (χ0n) is 18.7. The van der Waals surface area contributed by atoms with Gasteiger partial charge in [-0.3, -0.25) is 4.68 Å². The molecule has 1 aliphatic rings. The van der Waals surface area contributed by atoms with E-state index in [0.717, 1.165) is 36.3 Å².